The van der Waals surface area contributed by atoms with Crippen LogP contribution < -0.4 is 0 Å². The molecule has 0 radical (unpaired) electrons. The zero-order valence-electron chi connectivity index (χ0n) is 9.94. The van der Waals surface area contributed by atoms with Crippen molar-refractivity contribution in [2.45, 2.75) is 0 Å². The molecule has 0 saturated heterocycles. The maximum absolute atomic E-state index is 13.4. The lowest BCUT2D eigenvalue weighted by molar-refractivity contribution is 0.630. The van der Waals surface area contributed by atoms with Crippen molar-refractivity contribution in [2.24, 2.45) is 0 Å². The SMILES string of the molecule is Fc1ccc2[nH]c3c(-c4ccc[nH]4)nccc3c2c1. The molecule has 0 aliphatic rings. The van der Waals surface area contributed by atoms with Crippen LogP contribution in [0.25, 0.3) is 33.2 Å². The normalized spacial score (nSPS) is 11.4. The molecule has 0 spiro atoms. The lowest BCUT2D eigenvalue weighted by atomic mass is 10.1. The van der Waals surface area contributed by atoms with E-state index in [1.807, 2.05) is 24.4 Å². The Morgan fingerprint density at radius 3 is 2.84 bits per heavy atom. The number of hydrogen-bond acceptors (Lipinski definition) is 1. The Morgan fingerprint density at radius 2 is 2.00 bits per heavy atom. The molecule has 0 atom stereocenters. The third kappa shape index (κ3) is 1.46. The van der Waals surface area contributed by atoms with Crippen LogP contribution in [-0.2, 0) is 0 Å². The van der Waals surface area contributed by atoms with Crippen LogP contribution in [-0.4, -0.2) is 15.0 Å². The second-order valence-electron chi connectivity index (χ2n) is 4.48. The molecule has 3 aromatic heterocycles. The highest BCUT2D eigenvalue weighted by Crippen LogP contribution is 2.31. The van der Waals surface area contributed by atoms with Gasteiger partial charge in [0.05, 0.1) is 11.2 Å². The third-order valence-electron chi connectivity index (χ3n) is 3.34. The summed E-state index contributed by atoms with van der Waals surface area (Å²) in [5.74, 6) is -0.230. The molecule has 0 aliphatic heterocycles. The first-order valence-corrected chi connectivity index (χ1v) is 6.02. The van der Waals surface area contributed by atoms with Crippen molar-refractivity contribution in [2.75, 3.05) is 0 Å². The number of pyridine rings is 1. The van der Waals surface area contributed by atoms with E-state index in [9.17, 15) is 4.39 Å². The summed E-state index contributed by atoms with van der Waals surface area (Å²) >= 11 is 0. The van der Waals surface area contributed by atoms with E-state index >= 15 is 0 Å². The van der Waals surface area contributed by atoms with E-state index in [0.29, 0.717) is 0 Å². The molecule has 19 heavy (non-hydrogen) atoms. The Labute approximate surface area is 108 Å². The molecular weight excluding hydrogens is 241 g/mol. The quantitative estimate of drug-likeness (QED) is 0.530. The average molecular weight is 251 g/mol. The number of nitrogens with one attached hydrogen (secondary N) is 2. The molecule has 3 heterocycles. The van der Waals surface area contributed by atoms with Crippen molar-refractivity contribution in [3.8, 4) is 11.4 Å². The van der Waals surface area contributed by atoms with Gasteiger partial charge in [0, 0.05) is 28.7 Å². The van der Waals surface area contributed by atoms with Gasteiger partial charge in [-0.25, -0.2) is 4.39 Å². The molecule has 4 rings (SSSR count). The summed E-state index contributed by atoms with van der Waals surface area (Å²) in [5.41, 5.74) is 3.62. The summed E-state index contributed by atoms with van der Waals surface area (Å²) in [6, 6.07) is 10.6. The van der Waals surface area contributed by atoms with Gasteiger partial charge in [0.15, 0.2) is 0 Å². The van der Waals surface area contributed by atoms with E-state index in [1.54, 1.807) is 18.3 Å². The van der Waals surface area contributed by atoms with Crippen LogP contribution in [0.4, 0.5) is 4.39 Å². The van der Waals surface area contributed by atoms with Gasteiger partial charge in [-0.1, -0.05) is 0 Å². The van der Waals surface area contributed by atoms with Crippen molar-refractivity contribution >= 4 is 21.8 Å². The van der Waals surface area contributed by atoms with E-state index in [1.165, 1.54) is 6.07 Å². The molecule has 0 amide bonds. The van der Waals surface area contributed by atoms with E-state index in [4.69, 9.17) is 0 Å². The fourth-order valence-corrected chi connectivity index (χ4v) is 2.48. The first kappa shape index (κ1) is 10.3. The Morgan fingerprint density at radius 1 is 1.05 bits per heavy atom. The highest BCUT2D eigenvalue weighted by molar-refractivity contribution is 6.10. The van der Waals surface area contributed by atoms with Gasteiger partial charge in [-0.2, -0.15) is 0 Å². The molecule has 2 N–H and O–H groups in total. The first-order chi connectivity index (χ1) is 9.33. The van der Waals surface area contributed by atoms with Crippen molar-refractivity contribution in [3.63, 3.8) is 0 Å². The number of nitrogens with zero attached hydrogens (tertiary/aromatic N) is 1. The molecule has 4 heteroatoms. The minimum Gasteiger partial charge on any atom is -0.360 e. The summed E-state index contributed by atoms with van der Waals surface area (Å²) in [6.07, 6.45) is 3.61. The molecule has 0 aliphatic carbocycles. The number of hydrogen-bond donors (Lipinski definition) is 2. The Balaban J connectivity index is 2.15. The number of halogens is 1. The number of rotatable bonds is 1. The van der Waals surface area contributed by atoms with Gasteiger partial charge in [-0.15, -0.1) is 0 Å². The zero-order valence-corrected chi connectivity index (χ0v) is 9.94. The fourth-order valence-electron chi connectivity index (χ4n) is 2.48. The average Bonchev–Trinajstić information content (AvgIpc) is 3.05. The minimum absolute atomic E-state index is 0.230. The number of aromatic amines is 2. The topological polar surface area (TPSA) is 44.5 Å². The van der Waals surface area contributed by atoms with Crippen LogP contribution in [0.15, 0.2) is 48.8 Å². The van der Waals surface area contributed by atoms with Gasteiger partial charge in [0.2, 0.25) is 0 Å². The van der Waals surface area contributed by atoms with Crippen LogP contribution in [0.2, 0.25) is 0 Å². The molecule has 3 nitrogen and oxygen atoms in total. The Hall–Kier alpha value is -2.62. The van der Waals surface area contributed by atoms with Crippen LogP contribution >= 0.6 is 0 Å². The Bertz CT molecular complexity index is 875. The van der Waals surface area contributed by atoms with Gasteiger partial charge in [-0.3, -0.25) is 4.98 Å². The van der Waals surface area contributed by atoms with E-state index < -0.39 is 0 Å². The molecular formula is C15H10FN3. The number of H-pyrrole nitrogens is 2. The van der Waals surface area contributed by atoms with Gasteiger partial charge in [0.1, 0.15) is 11.5 Å². The molecule has 0 fully saturated rings. The van der Waals surface area contributed by atoms with Gasteiger partial charge < -0.3 is 9.97 Å². The number of fused-ring (bicyclic) bond motifs is 3. The second-order valence-corrected chi connectivity index (χ2v) is 4.48. The third-order valence-corrected chi connectivity index (χ3v) is 3.34. The largest absolute Gasteiger partial charge is 0.360 e. The Kier molecular flexibility index (Phi) is 2.00. The highest BCUT2D eigenvalue weighted by atomic mass is 19.1. The molecule has 0 saturated carbocycles. The lowest BCUT2D eigenvalue weighted by Gasteiger charge is -1.99. The maximum atomic E-state index is 13.4. The van der Waals surface area contributed by atoms with Crippen LogP contribution in [0.3, 0.4) is 0 Å². The van der Waals surface area contributed by atoms with Gasteiger partial charge in [-0.05, 0) is 36.4 Å². The van der Waals surface area contributed by atoms with Crippen molar-refractivity contribution in [1.29, 1.82) is 0 Å². The molecule has 0 unspecified atom stereocenters. The van der Waals surface area contributed by atoms with E-state index in [-0.39, 0.29) is 5.82 Å². The van der Waals surface area contributed by atoms with Gasteiger partial charge >= 0.3 is 0 Å². The molecule has 4 aromatic rings. The molecule has 1 aromatic carbocycles. The standard InChI is InChI=1S/C15H10FN3/c16-9-3-4-12-11(8-9)10-5-7-18-15(14(10)19-12)13-2-1-6-17-13/h1-8,17,19H. The lowest BCUT2D eigenvalue weighted by Crippen LogP contribution is -1.84. The van der Waals surface area contributed by atoms with Crippen molar-refractivity contribution in [3.05, 3.63) is 54.6 Å². The predicted octanol–water partition coefficient (Wildman–Crippen LogP) is 3.85. The van der Waals surface area contributed by atoms with E-state index in [0.717, 1.165) is 33.2 Å². The summed E-state index contributed by atoms with van der Waals surface area (Å²) in [5, 5.41) is 1.86. The van der Waals surface area contributed by atoms with Crippen LogP contribution in [0.1, 0.15) is 0 Å². The molecule has 92 valence electrons. The second kappa shape index (κ2) is 3.68. The smallest absolute Gasteiger partial charge is 0.123 e. The first-order valence-electron chi connectivity index (χ1n) is 6.02. The number of aromatic nitrogens is 3. The summed E-state index contributed by atoms with van der Waals surface area (Å²) in [7, 11) is 0. The summed E-state index contributed by atoms with van der Waals surface area (Å²) in [4.78, 5) is 10.9. The molecule has 0 bridgehead atoms. The van der Waals surface area contributed by atoms with Crippen molar-refractivity contribution < 1.29 is 4.39 Å². The monoisotopic (exact) mass is 251 g/mol. The van der Waals surface area contributed by atoms with Crippen molar-refractivity contribution in [1.82, 2.24) is 15.0 Å². The summed E-state index contributed by atoms with van der Waals surface area (Å²) in [6.45, 7) is 0. The maximum Gasteiger partial charge on any atom is 0.123 e. The zero-order chi connectivity index (χ0) is 12.8. The summed E-state index contributed by atoms with van der Waals surface area (Å²) < 4.78 is 13.4. The van der Waals surface area contributed by atoms with Crippen LogP contribution in [0.5, 0.6) is 0 Å². The predicted molar refractivity (Wildman–Crippen MR) is 73.3 cm³/mol. The van der Waals surface area contributed by atoms with E-state index in [2.05, 4.69) is 15.0 Å². The minimum atomic E-state index is -0.230. The fraction of sp³-hybridized carbons (Fsp3) is 0. The highest BCUT2D eigenvalue weighted by Gasteiger charge is 2.11. The van der Waals surface area contributed by atoms with Gasteiger partial charge in [0.25, 0.3) is 0 Å². The van der Waals surface area contributed by atoms with Crippen LogP contribution in [0, 0.1) is 5.82 Å². The number of benzene rings is 1.